The van der Waals surface area contributed by atoms with Gasteiger partial charge in [-0.05, 0) is 31.6 Å². The number of hydrogen-bond acceptors (Lipinski definition) is 3. The van der Waals surface area contributed by atoms with Gasteiger partial charge in [0.15, 0.2) is 0 Å². The Hall–Kier alpha value is -1.59. The fourth-order valence-electron chi connectivity index (χ4n) is 2.35. The number of aromatic amines is 1. The summed E-state index contributed by atoms with van der Waals surface area (Å²) in [6.07, 6.45) is 3.91. The number of nitrogens with one attached hydrogen (secondary N) is 1. The molecule has 0 aromatic carbocycles. The van der Waals surface area contributed by atoms with Crippen LogP contribution in [0.25, 0.3) is 0 Å². The Morgan fingerprint density at radius 1 is 1.62 bits per heavy atom. The van der Waals surface area contributed by atoms with Crippen LogP contribution in [0, 0.1) is 5.92 Å². The summed E-state index contributed by atoms with van der Waals surface area (Å²) in [4.78, 5) is 22.9. The highest BCUT2D eigenvalue weighted by Crippen LogP contribution is 2.36. The monoisotopic (exact) mass is 225 g/mol. The molecule has 6 nitrogen and oxygen atoms in total. The minimum Gasteiger partial charge on any atom is -0.479 e. The maximum atomic E-state index is 11.5. The maximum Gasteiger partial charge on any atom is 0.344 e. The standard InChI is InChI=1S/C10H15N3O3/c1-7-2-4-10(5-3-7,8(14)15)13-6-11-12-9(13)16/h6-7H,2-5H2,1H3,(H,12,16)(H,14,15). The van der Waals surface area contributed by atoms with Gasteiger partial charge in [-0.2, -0.15) is 5.10 Å². The van der Waals surface area contributed by atoms with E-state index in [0.717, 1.165) is 12.8 Å². The van der Waals surface area contributed by atoms with Crippen molar-refractivity contribution in [3.8, 4) is 0 Å². The number of aliphatic carboxylic acids is 1. The lowest BCUT2D eigenvalue weighted by Gasteiger charge is -2.35. The molecule has 1 fully saturated rings. The zero-order chi connectivity index (χ0) is 11.8. The largest absolute Gasteiger partial charge is 0.479 e. The van der Waals surface area contributed by atoms with E-state index in [0.29, 0.717) is 18.8 Å². The van der Waals surface area contributed by atoms with Crippen LogP contribution in [0.2, 0.25) is 0 Å². The maximum absolute atomic E-state index is 11.5. The second-order valence-corrected chi connectivity index (χ2v) is 4.55. The minimum atomic E-state index is -1.10. The van der Waals surface area contributed by atoms with Gasteiger partial charge in [-0.3, -0.25) is 4.57 Å². The molecule has 1 aromatic rings. The molecule has 0 amide bonds. The molecule has 6 heteroatoms. The third-order valence-electron chi connectivity index (χ3n) is 3.51. The van der Waals surface area contributed by atoms with Crippen LogP contribution in [0.4, 0.5) is 0 Å². The van der Waals surface area contributed by atoms with Gasteiger partial charge in [0, 0.05) is 0 Å². The van der Waals surface area contributed by atoms with Gasteiger partial charge < -0.3 is 5.11 Å². The van der Waals surface area contributed by atoms with Crippen molar-refractivity contribution < 1.29 is 9.90 Å². The number of hydrogen-bond donors (Lipinski definition) is 2. The SMILES string of the molecule is CC1CCC(C(=O)O)(n2cn[nH]c2=O)CC1. The van der Waals surface area contributed by atoms with Crippen molar-refractivity contribution in [3.05, 3.63) is 16.8 Å². The molecule has 0 spiro atoms. The molecule has 1 aliphatic carbocycles. The quantitative estimate of drug-likeness (QED) is 0.769. The van der Waals surface area contributed by atoms with Gasteiger partial charge in [0.1, 0.15) is 11.9 Å². The summed E-state index contributed by atoms with van der Waals surface area (Å²) < 4.78 is 1.22. The first-order chi connectivity index (χ1) is 7.56. The summed E-state index contributed by atoms with van der Waals surface area (Å²) >= 11 is 0. The lowest BCUT2D eigenvalue weighted by atomic mass is 9.77. The number of nitrogens with zero attached hydrogens (tertiary/aromatic N) is 2. The second kappa shape index (κ2) is 3.77. The van der Waals surface area contributed by atoms with Gasteiger partial charge in [0.2, 0.25) is 0 Å². The number of H-pyrrole nitrogens is 1. The van der Waals surface area contributed by atoms with Crippen molar-refractivity contribution in [2.75, 3.05) is 0 Å². The lowest BCUT2D eigenvalue weighted by molar-refractivity contribution is -0.150. The summed E-state index contributed by atoms with van der Waals surface area (Å²) in [5.74, 6) is -0.419. The van der Waals surface area contributed by atoms with Crippen LogP contribution in [0.15, 0.2) is 11.1 Å². The number of aromatic nitrogens is 3. The first kappa shape index (κ1) is 10.9. The molecule has 0 bridgehead atoms. The van der Waals surface area contributed by atoms with Gasteiger partial charge in [-0.25, -0.2) is 14.7 Å². The van der Waals surface area contributed by atoms with Crippen LogP contribution >= 0.6 is 0 Å². The average molecular weight is 225 g/mol. The van der Waals surface area contributed by atoms with Crippen LogP contribution in [0.1, 0.15) is 32.6 Å². The fourth-order valence-corrected chi connectivity index (χ4v) is 2.35. The highest BCUT2D eigenvalue weighted by atomic mass is 16.4. The Morgan fingerprint density at radius 3 is 2.69 bits per heavy atom. The Balaban J connectivity index is 2.41. The molecule has 16 heavy (non-hydrogen) atoms. The first-order valence-electron chi connectivity index (χ1n) is 5.42. The lowest BCUT2D eigenvalue weighted by Crippen LogP contribution is -2.48. The molecule has 1 aromatic heterocycles. The summed E-state index contributed by atoms with van der Waals surface area (Å²) in [5.41, 5.74) is -1.55. The van der Waals surface area contributed by atoms with E-state index >= 15 is 0 Å². The van der Waals surface area contributed by atoms with Crippen molar-refractivity contribution in [3.63, 3.8) is 0 Å². The van der Waals surface area contributed by atoms with Crippen molar-refractivity contribution >= 4 is 5.97 Å². The van der Waals surface area contributed by atoms with Crippen LogP contribution < -0.4 is 5.69 Å². The second-order valence-electron chi connectivity index (χ2n) is 4.55. The Morgan fingerprint density at radius 2 is 2.25 bits per heavy atom. The third kappa shape index (κ3) is 1.54. The van der Waals surface area contributed by atoms with Crippen molar-refractivity contribution in [1.29, 1.82) is 0 Å². The molecule has 0 unspecified atom stereocenters. The van der Waals surface area contributed by atoms with E-state index in [1.807, 2.05) is 0 Å². The van der Waals surface area contributed by atoms with Gasteiger partial charge in [0.25, 0.3) is 0 Å². The summed E-state index contributed by atoms with van der Waals surface area (Å²) in [7, 11) is 0. The van der Waals surface area contributed by atoms with Crippen LogP contribution in [0.5, 0.6) is 0 Å². The Bertz CT molecular complexity index is 440. The molecule has 1 heterocycles. The molecule has 0 radical (unpaired) electrons. The fraction of sp³-hybridized carbons (Fsp3) is 0.700. The molecule has 0 aliphatic heterocycles. The number of carboxylic acids is 1. The van der Waals surface area contributed by atoms with E-state index in [9.17, 15) is 14.7 Å². The van der Waals surface area contributed by atoms with Crippen LogP contribution in [-0.4, -0.2) is 25.8 Å². The molecule has 1 saturated carbocycles. The molecule has 0 saturated heterocycles. The first-order valence-corrected chi connectivity index (χ1v) is 5.42. The van der Waals surface area contributed by atoms with Crippen LogP contribution in [-0.2, 0) is 10.3 Å². The normalized spacial score (nSPS) is 30.2. The predicted octanol–water partition coefficient (Wildman–Crippen LogP) is 0.561. The van der Waals surface area contributed by atoms with E-state index in [4.69, 9.17) is 0 Å². The Labute approximate surface area is 92.3 Å². The van der Waals surface area contributed by atoms with E-state index < -0.39 is 17.2 Å². The zero-order valence-corrected chi connectivity index (χ0v) is 9.14. The van der Waals surface area contributed by atoms with E-state index in [1.165, 1.54) is 10.9 Å². The summed E-state index contributed by atoms with van der Waals surface area (Å²) in [6.45, 7) is 2.10. The highest BCUT2D eigenvalue weighted by Gasteiger charge is 2.44. The molecule has 88 valence electrons. The topological polar surface area (TPSA) is 88.0 Å². The molecule has 1 aliphatic rings. The number of carboxylic acid groups (broad SMARTS) is 1. The van der Waals surface area contributed by atoms with E-state index in [-0.39, 0.29) is 0 Å². The van der Waals surface area contributed by atoms with E-state index in [1.54, 1.807) is 0 Å². The van der Waals surface area contributed by atoms with Crippen molar-refractivity contribution in [2.45, 2.75) is 38.1 Å². The highest BCUT2D eigenvalue weighted by molar-refractivity contribution is 5.76. The average Bonchev–Trinajstić information content (AvgIpc) is 2.66. The molecule has 2 rings (SSSR count). The summed E-state index contributed by atoms with van der Waals surface area (Å²) in [6, 6.07) is 0. The van der Waals surface area contributed by atoms with Gasteiger partial charge in [-0.1, -0.05) is 6.92 Å². The number of rotatable bonds is 2. The molecular weight excluding hydrogens is 210 g/mol. The van der Waals surface area contributed by atoms with Gasteiger partial charge >= 0.3 is 11.7 Å². The van der Waals surface area contributed by atoms with Crippen molar-refractivity contribution in [2.24, 2.45) is 5.92 Å². The Kier molecular flexibility index (Phi) is 2.57. The number of carbonyl (C=O) groups is 1. The van der Waals surface area contributed by atoms with Gasteiger partial charge in [0.05, 0.1) is 0 Å². The molecule has 2 N–H and O–H groups in total. The van der Waals surface area contributed by atoms with E-state index in [2.05, 4.69) is 17.1 Å². The molecule has 0 atom stereocenters. The minimum absolute atomic E-state index is 0.447. The predicted molar refractivity (Wildman–Crippen MR) is 56.1 cm³/mol. The summed E-state index contributed by atoms with van der Waals surface area (Å²) in [5, 5.41) is 15.2. The third-order valence-corrected chi connectivity index (χ3v) is 3.51. The zero-order valence-electron chi connectivity index (χ0n) is 9.14. The smallest absolute Gasteiger partial charge is 0.344 e. The van der Waals surface area contributed by atoms with Crippen molar-refractivity contribution in [1.82, 2.24) is 14.8 Å². The van der Waals surface area contributed by atoms with Gasteiger partial charge in [-0.15, -0.1) is 0 Å². The molecular formula is C10H15N3O3. The van der Waals surface area contributed by atoms with Crippen LogP contribution in [0.3, 0.4) is 0 Å².